The third kappa shape index (κ3) is 3.27. The Morgan fingerprint density at radius 1 is 1.30 bits per heavy atom. The van der Waals surface area contributed by atoms with Gasteiger partial charge in [0.1, 0.15) is 11.8 Å². The molecule has 1 amide bonds. The summed E-state index contributed by atoms with van der Waals surface area (Å²) in [5.74, 6) is 0. The number of hydrogen-bond donors (Lipinski definition) is 0. The molecular weight excluding hydrogens is 281 g/mol. The van der Waals surface area contributed by atoms with Gasteiger partial charge in [-0.05, 0) is 40.0 Å². The Bertz CT molecular complexity index is 410. The summed E-state index contributed by atoms with van der Waals surface area (Å²) in [6.07, 6.45) is 0.384. The quantitative estimate of drug-likeness (QED) is 0.746. The number of carbonyl (C=O) groups excluding carboxylic acids is 2. The standard InChI is InChI=1S/C14H22FNO3S/c1-8(17)20-11-7-9-5-6-10(12(11)15)16(9)13(18)19-14(2,3)4/h9-12H,5-7H2,1-4H3/t9?,10?,11-,12-/m0/s1. The second-order valence-corrected chi connectivity index (χ2v) is 7.93. The lowest BCUT2D eigenvalue weighted by Crippen LogP contribution is -2.55. The Hall–Kier alpha value is -0.780. The van der Waals surface area contributed by atoms with Crippen LogP contribution < -0.4 is 0 Å². The molecule has 0 aromatic rings. The summed E-state index contributed by atoms with van der Waals surface area (Å²) in [4.78, 5) is 25.0. The highest BCUT2D eigenvalue weighted by Gasteiger charge is 2.51. The number of amides is 1. The monoisotopic (exact) mass is 303 g/mol. The summed E-state index contributed by atoms with van der Waals surface area (Å²) < 4.78 is 19.9. The number of alkyl halides is 1. The van der Waals surface area contributed by atoms with Crippen molar-refractivity contribution in [3.63, 3.8) is 0 Å². The van der Waals surface area contributed by atoms with Crippen molar-refractivity contribution in [2.45, 2.75) is 76.1 Å². The van der Waals surface area contributed by atoms with Gasteiger partial charge in [0.05, 0.1) is 6.04 Å². The third-order valence-corrected chi connectivity index (χ3v) is 4.78. The van der Waals surface area contributed by atoms with Crippen molar-refractivity contribution in [3.05, 3.63) is 0 Å². The zero-order valence-corrected chi connectivity index (χ0v) is 13.2. The molecule has 114 valence electrons. The average Bonchev–Trinajstić information content (AvgIpc) is 2.61. The van der Waals surface area contributed by atoms with Crippen molar-refractivity contribution in [2.75, 3.05) is 0 Å². The first-order chi connectivity index (χ1) is 9.19. The Morgan fingerprint density at radius 2 is 1.95 bits per heavy atom. The normalized spacial score (nSPS) is 33.1. The van der Waals surface area contributed by atoms with E-state index in [1.165, 1.54) is 6.92 Å². The number of carbonyl (C=O) groups is 2. The average molecular weight is 303 g/mol. The molecule has 2 rings (SSSR count). The zero-order valence-electron chi connectivity index (χ0n) is 12.4. The molecule has 20 heavy (non-hydrogen) atoms. The highest BCUT2D eigenvalue weighted by atomic mass is 32.2. The highest BCUT2D eigenvalue weighted by molar-refractivity contribution is 8.14. The summed E-state index contributed by atoms with van der Waals surface area (Å²) in [6.45, 7) is 6.87. The van der Waals surface area contributed by atoms with Gasteiger partial charge in [-0.25, -0.2) is 9.18 Å². The Labute approximate surface area is 123 Å². The van der Waals surface area contributed by atoms with Gasteiger partial charge in [-0.1, -0.05) is 11.8 Å². The van der Waals surface area contributed by atoms with Crippen LogP contribution in [0.15, 0.2) is 0 Å². The number of halogens is 1. The van der Waals surface area contributed by atoms with E-state index in [1.807, 2.05) is 0 Å². The van der Waals surface area contributed by atoms with E-state index >= 15 is 0 Å². The molecule has 0 spiro atoms. The first kappa shape index (κ1) is 15.6. The molecule has 0 aromatic carbocycles. The summed E-state index contributed by atoms with van der Waals surface area (Å²) in [5, 5.41) is -0.397. The lowest BCUT2D eigenvalue weighted by atomic mass is 10.0. The SMILES string of the molecule is CC(=O)S[C@H]1CC2CCC([C@@H]1F)N2C(=O)OC(C)(C)C. The molecule has 2 bridgehead atoms. The van der Waals surface area contributed by atoms with Crippen molar-refractivity contribution in [3.8, 4) is 0 Å². The number of fused-ring (bicyclic) bond motifs is 2. The summed E-state index contributed by atoms with van der Waals surface area (Å²) in [5.41, 5.74) is -0.576. The Kier molecular flexibility index (Phi) is 4.33. The van der Waals surface area contributed by atoms with Gasteiger partial charge in [0.15, 0.2) is 5.12 Å². The van der Waals surface area contributed by atoms with Crippen LogP contribution in [0.3, 0.4) is 0 Å². The third-order valence-electron chi connectivity index (χ3n) is 3.70. The van der Waals surface area contributed by atoms with Gasteiger partial charge in [0.2, 0.25) is 0 Å². The van der Waals surface area contributed by atoms with E-state index in [-0.39, 0.29) is 16.4 Å². The largest absolute Gasteiger partial charge is 0.444 e. The van der Waals surface area contributed by atoms with Crippen LogP contribution in [-0.4, -0.2) is 45.2 Å². The number of nitrogens with zero attached hydrogens (tertiary/aromatic N) is 1. The summed E-state index contributed by atoms with van der Waals surface area (Å²) in [6, 6.07) is -0.445. The van der Waals surface area contributed by atoms with E-state index in [0.29, 0.717) is 12.8 Å². The minimum Gasteiger partial charge on any atom is -0.444 e. The van der Waals surface area contributed by atoms with Gasteiger partial charge in [-0.2, -0.15) is 0 Å². The van der Waals surface area contributed by atoms with E-state index < -0.39 is 23.9 Å². The van der Waals surface area contributed by atoms with Crippen LogP contribution in [0.2, 0.25) is 0 Å². The molecule has 0 radical (unpaired) electrons. The fourth-order valence-corrected chi connectivity index (χ4v) is 4.08. The number of piperidine rings is 1. The van der Waals surface area contributed by atoms with E-state index in [4.69, 9.17) is 4.74 Å². The van der Waals surface area contributed by atoms with Gasteiger partial charge >= 0.3 is 6.09 Å². The first-order valence-corrected chi connectivity index (χ1v) is 7.89. The van der Waals surface area contributed by atoms with Crippen LogP contribution in [0.4, 0.5) is 9.18 Å². The molecule has 2 aliphatic rings. The van der Waals surface area contributed by atoms with Gasteiger partial charge in [-0.15, -0.1) is 0 Å². The minimum atomic E-state index is -1.16. The molecule has 0 aromatic heterocycles. The van der Waals surface area contributed by atoms with Crippen LogP contribution >= 0.6 is 11.8 Å². The maximum Gasteiger partial charge on any atom is 0.410 e. The highest BCUT2D eigenvalue weighted by Crippen LogP contribution is 2.42. The molecule has 2 saturated heterocycles. The van der Waals surface area contributed by atoms with Crippen LogP contribution in [0.1, 0.15) is 47.0 Å². The molecule has 2 fully saturated rings. The lowest BCUT2D eigenvalue weighted by molar-refractivity contribution is -0.109. The van der Waals surface area contributed by atoms with Gasteiger partial charge < -0.3 is 4.74 Å². The maximum absolute atomic E-state index is 14.5. The second-order valence-electron chi connectivity index (χ2n) is 6.51. The molecule has 4 atom stereocenters. The predicted octanol–water partition coefficient (Wildman–Crippen LogP) is 3.14. The fraction of sp³-hybridized carbons (Fsp3) is 0.857. The van der Waals surface area contributed by atoms with E-state index in [1.54, 1.807) is 25.7 Å². The molecule has 0 saturated carbocycles. The number of hydrogen-bond acceptors (Lipinski definition) is 4. The van der Waals surface area contributed by atoms with E-state index in [2.05, 4.69) is 0 Å². The van der Waals surface area contributed by atoms with Crippen LogP contribution in [-0.2, 0) is 9.53 Å². The summed E-state index contributed by atoms with van der Waals surface area (Å²) in [7, 11) is 0. The van der Waals surface area contributed by atoms with Crippen LogP contribution in [0, 0.1) is 0 Å². The predicted molar refractivity (Wildman–Crippen MR) is 76.5 cm³/mol. The smallest absolute Gasteiger partial charge is 0.410 e. The van der Waals surface area contributed by atoms with Gasteiger partial charge in [0.25, 0.3) is 0 Å². The maximum atomic E-state index is 14.5. The van der Waals surface area contributed by atoms with Crippen molar-refractivity contribution in [2.24, 2.45) is 0 Å². The Morgan fingerprint density at radius 3 is 2.50 bits per heavy atom. The van der Waals surface area contributed by atoms with Crippen molar-refractivity contribution in [1.29, 1.82) is 0 Å². The molecule has 2 aliphatic heterocycles. The van der Waals surface area contributed by atoms with Gasteiger partial charge in [-0.3, -0.25) is 9.69 Å². The number of thioether (sulfide) groups is 1. The molecule has 0 aliphatic carbocycles. The molecule has 6 heteroatoms. The molecule has 0 N–H and O–H groups in total. The summed E-state index contributed by atoms with van der Waals surface area (Å²) >= 11 is 1.07. The zero-order chi connectivity index (χ0) is 15.1. The molecule has 4 nitrogen and oxygen atoms in total. The molecule has 2 heterocycles. The minimum absolute atomic E-state index is 0.00120. The number of ether oxygens (including phenoxy) is 1. The van der Waals surface area contributed by atoms with E-state index in [0.717, 1.165) is 18.2 Å². The lowest BCUT2D eigenvalue weighted by Gasteiger charge is -2.41. The molecule has 2 unspecified atom stereocenters. The molecular formula is C14H22FNO3S. The van der Waals surface area contributed by atoms with Crippen LogP contribution in [0.25, 0.3) is 0 Å². The second kappa shape index (κ2) is 5.54. The Balaban J connectivity index is 2.08. The van der Waals surface area contributed by atoms with Crippen molar-refractivity contribution in [1.82, 2.24) is 4.90 Å². The van der Waals surface area contributed by atoms with Crippen LogP contribution in [0.5, 0.6) is 0 Å². The number of rotatable bonds is 1. The van der Waals surface area contributed by atoms with E-state index in [9.17, 15) is 14.0 Å². The van der Waals surface area contributed by atoms with Gasteiger partial charge in [0, 0.05) is 18.2 Å². The van der Waals surface area contributed by atoms with Crippen molar-refractivity contribution < 1.29 is 18.7 Å². The topological polar surface area (TPSA) is 46.6 Å². The van der Waals surface area contributed by atoms with Crippen molar-refractivity contribution >= 4 is 23.0 Å². The first-order valence-electron chi connectivity index (χ1n) is 7.01. The fourth-order valence-electron chi connectivity index (χ4n) is 3.03.